The molecule has 2 aromatic rings. The lowest BCUT2D eigenvalue weighted by Gasteiger charge is -2.27. The van der Waals surface area contributed by atoms with E-state index in [2.05, 4.69) is 39.9 Å². The van der Waals surface area contributed by atoms with Crippen LogP contribution in [0.2, 0.25) is 5.02 Å². The van der Waals surface area contributed by atoms with E-state index in [0.717, 1.165) is 30.9 Å². The van der Waals surface area contributed by atoms with Gasteiger partial charge < -0.3 is 0 Å². The summed E-state index contributed by atoms with van der Waals surface area (Å²) in [5, 5.41) is 0.649. The Morgan fingerprint density at radius 1 is 1.08 bits per heavy atom. The second kappa shape index (κ2) is 9.77. The van der Waals surface area contributed by atoms with E-state index in [0.29, 0.717) is 12.1 Å². The van der Waals surface area contributed by atoms with Crippen LogP contribution in [0.1, 0.15) is 36.0 Å². The van der Waals surface area contributed by atoms with Gasteiger partial charge in [-0.3, -0.25) is 4.90 Å². The van der Waals surface area contributed by atoms with Gasteiger partial charge in [-0.05, 0) is 36.1 Å². The van der Waals surface area contributed by atoms with Gasteiger partial charge in [0.1, 0.15) is 0 Å². The molecule has 26 heavy (non-hydrogen) atoms. The molecule has 0 N–H and O–H groups in total. The van der Waals surface area contributed by atoms with Crippen molar-refractivity contribution in [2.75, 3.05) is 18.4 Å². The highest BCUT2D eigenvalue weighted by atomic mass is 79.9. The Hall–Kier alpha value is -1.04. The molecule has 1 nitrogen and oxygen atoms in total. The van der Waals surface area contributed by atoms with E-state index in [9.17, 15) is 13.2 Å². The topological polar surface area (TPSA) is 3.24 Å². The van der Waals surface area contributed by atoms with E-state index in [1.807, 2.05) is 18.2 Å². The number of halogens is 5. The van der Waals surface area contributed by atoms with E-state index < -0.39 is 11.7 Å². The number of hydrogen-bond acceptors (Lipinski definition) is 1. The van der Waals surface area contributed by atoms with Gasteiger partial charge in [-0.2, -0.15) is 13.2 Å². The first-order chi connectivity index (χ1) is 12.3. The lowest BCUT2D eigenvalue weighted by atomic mass is 10.00. The van der Waals surface area contributed by atoms with E-state index in [1.54, 1.807) is 6.07 Å². The van der Waals surface area contributed by atoms with Crippen molar-refractivity contribution in [3.8, 4) is 0 Å². The van der Waals surface area contributed by atoms with Crippen molar-refractivity contribution in [3.05, 3.63) is 70.2 Å². The number of benzene rings is 2. The minimum absolute atomic E-state index is 0.198. The van der Waals surface area contributed by atoms with Gasteiger partial charge in [0, 0.05) is 18.4 Å². The number of rotatable bonds is 8. The monoisotopic (exact) mass is 447 g/mol. The molecule has 2 rings (SSSR count). The molecule has 0 unspecified atom stereocenters. The van der Waals surface area contributed by atoms with E-state index in [-0.39, 0.29) is 10.9 Å². The zero-order valence-electron chi connectivity index (χ0n) is 14.6. The summed E-state index contributed by atoms with van der Waals surface area (Å²) < 4.78 is 39.3. The molecule has 0 aromatic heterocycles. The molecule has 0 spiro atoms. The Kier molecular flexibility index (Phi) is 7.99. The molecule has 0 bridgehead atoms. The standard InChI is InChI=1S/C20H22BrClF3N/c1-15(16-7-3-2-4-8-16)13-26(12-6-11-21)14-17-9-5-10-18(19(17)22)20(23,24)25/h2-5,7-10,15H,6,11-14H2,1H3/t15-/m0/s1. The minimum Gasteiger partial charge on any atom is -0.298 e. The molecule has 0 amide bonds. The second-order valence-corrected chi connectivity index (χ2v) is 7.54. The third-order valence-corrected chi connectivity index (χ3v) is 5.29. The Morgan fingerprint density at radius 3 is 2.38 bits per heavy atom. The lowest BCUT2D eigenvalue weighted by Crippen LogP contribution is -2.29. The predicted octanol–water partition coefficient (Wildman–Crippen LogP) is 6.75. The minimum atomic E-state index is -4.44. The smallest absolute Gasteiger partial charge is 0.298 e. The fourth-order valence-electron chi connectivity index (χ4n) is 2.95. The molecule has 0 aliphatic heterocycles. The van der Waals surface area contributed by atoms with Gasteiger partial charge in [0.25, 0.3) is 0 Å². The highest BCUT2D eigenvalue weighted by Crippen LogP contribution is 2.36. The van der Waals surface area contributed by atoms with Crippen molar-refractivity contribution in [1.29, 1.82) is 0 Å². The molecular weight excluding hydrogens is 427 g/mol. The maximum atomic E-state index is 13.1. The first-order valence-electron chi connectivity index (χ1n) is 8.50. The van der Waals surface area contributed by atoms with Crippen LogP contribution in [-0.4, -0.2) is 23.3 Å². The van der Waals surface area contributed by atoms with Crippen LogP contribution in [0.15, 0.2) is 48.5 Å². The molecule has 142 valence electrons. The first-order valence-corrected chi connectivity index (χ1v) is 10.0. The van der Waals surface area contributed by atoms with Gasteiger partial charge in [0.15, 0.2) is 0 Å². The van der Waals surface area contributed by atoms with Crippen molar-refractivity contribution >= 4 is 27.5 Å². The van der Waals surface area contributed by atoms with Crippen LogP contribution >= 0.6 is 27.5 Å². The number of alkyl halides is 4. The lowest BCUT2D eigenvalue weighted by molar-refractivity contribution is -0.137. The molecule has 0 heterocycles. The summed E-state index contributed by atoms with van der Waals surface area (Å²) in [7, 11) is 0. The predicted molar refractivity (Wildman–Crippen MR) is 105 cm³/mol. The van der Waals surface area contributed by atoms with E-state index >= 15 is 0 Å². The maximum Gasteiger partial charge on any atom is 0.417 e. The SMILES string of the molecule is C[C@@H](CN(CCCBr)Cc1cccc(C(F)(F)F)c1Cl)c1ccccc1. The largest absolute Gasteiger partial charge is 0.417 e. The molecular formula is C20H22BrClF3N. The van der Waals surface area contributed by atoms with Gasteiger partial charge in [-0.15, -0.1) is 0 Å². The van der Waals surface area contributed by atoms with Gasteiger partial charge in [0.05, 0.1) is 10.6 Å². The van der Waals surface area contributed by atoms with Crippen LogP contribution in [0.4, 0.5) is 13.2 Å². The summed E-state index contributed by atoms with van der Waals surface area (Å²) in [5.74, 6) is 0.274. The zero-order valence-corrected chi connectivity index (χ0v) is 16.9. The van der Waals surface area contributed by atoms with Gasteiger partial charge in [-0.1, -0.05) is 76.9 Å². The average molecular weight is 449 g/mol. The van der Waals surface area contributed by atoms with Crippen molar-refractivity contribution < 1.29 is 13.2 Å². The summed E-state index contributed by atoms with van der Waals surface area (Å²) in [6.07, 6.45) is -3.52. The third kappa shape index (κ3) is 6.00. The van der Waals surface area contributed by atoms with E-state index in [4.69, 9.17) is 11.6 Å². The van der Waals surface area contributed by atoms with Crippen LogP contribution in [0.5, 0.6) is 0 Å². The highest BCUT2D eigenvalue weighted by Gasteiger charge is 2.34. The van der Waals surface area contributed by atoms with Crippen LogP contribution in [0.3, 0.4) is 0 Å². The molecule has 0 aliphatic carbocycles. The second-order valence-electron chi connectivity index (χ2n) is 6.37. The Bertz CT molecular complexity index is 691. The highest BCUT2D eigenvalue weighted by molar-refractivity contribution is 9.09. The van der Waals surface area contributed by atoms with Crippen LogP contribution in [-0.2, 0) is 12.7 Å². The summed E-state index contributed by atoms with van der Waals surface area (Å²) >= 11 is 9.49. The number of nitrogens with zero attached hydrogens (tertiary/aromatic N) is 1. The molecule has 0 aliphatic rings. The molecule has 2 aromatic carbocycles. The molecule has 6 heteroatoms. The van der Waals surface area contributed by atoms with Gasteiger partial charge in [-0.25, -0.2) is 0 Å². The first kappa shape index (κ1) is 21.3. The average Bonchev–Trinajstić information content (AvgIpc) is 2.61. The Morgan fingerprint density at radius 2 is 1.77 bits per heavy atom. The van der Waals surface area contributed by atoms with Crippen LogP contribution in [0.25, 0.3) is 0 Å². The normalized spacial score (nSPS) is 13.2. The Labute approximate surface area is 166 Å². The third-order valence-electron chi connectivity index (χ3n) is 4.29. The maximum absolute atomic E-state index is 13.1. The van der Waals surface area contributed by atoms with Crippen molar-refractivity contribution in [3.63, 3.8) is 0 Å². The van der Waals surface area contributed by atoms with Gasteiger partial charge >= 0.3 is 6.18 Å². The van der Waals surface area contributed by atoms with Crippen molar-refractivity contribution in [2.45, 2.75) is 32.0 Å². The molecule has 0 saturated carbocycles. The summed E-state index contributed by atoms with van der Waals surface area (Å²) in [5.41, 5.74) is 0.955. The molecule has 0 fully saturated rings. The number of hydrogen-bond donors (Lipinski definition) is 0. The van der Waals surface area contributed by atoms with Crippen LogP contribution in [0, 0.1) is 0 Å². The van der Waals surface area contributed by atoms with E-state index in [1.165, 1.54) is 11.6 Å². The fraction of sp³-hybridized carbons (Fsp3) is 0.400. The molecule has 0 saturated heterocycles. The molecule has 0 radical (unpaired) electrons. The quantitative estimate of drug-likeness (QED) is 0.404. The Balaban J connectivity index is 2.18. The van der Waals surface area contributed by atoms with Crippen molar-refractivity contribution in [2.24, 2.45) is 0 Å². The fourth-order valence-corrected chi connectivity index (χ4v) is 3.50. The van der Waals surface area contributed by atoms with Crippen LogP contribution < -0.4 is 0 Å². The van der Waals surface area contributed by atoms with Crippen molar-refractivity contribution in [1.82, 2.24) is 4.90 Å². The van der Waals surface area contributed by atoms with Gasteiger partial charge in [0.2, 0.25) is 0 Å². The zero-order chi connectivity index (χ0) is 19.2. The summed E-state index contributed by atoms with van der Waals surface area (Å²) in [6.45, 7) is 4.07. The summed E-state index contributed by atoms with van der Waals surface area (Å²) in [6, 6.07) is 14.2. The molecule has 1 atom stereocenters. The summed E-state index contributed by atoms with van der Waals surface area (Å²) in [4.78, 5) is 2.17.